The maximum atomic E-state index is 5.57. The van der Waals surface area contributed by atoms with Crippen molar-refractivity contribution in [2.45, 2.75) is 44.3 Å². The predicted molar refractivity (Wildman–Crippen MR) is 116 cm³/mol. The van der Waals surface area contributed by atoms with Crippen LogP contribution in [0.3, 0.4) is 0 Å². The van der Waals surface area contributed by atoms with Crippen molar-refractivity contribution in [1.29, 1.82) is 0 Å². The highest BCUT2D eigenvalue weighted by Gasteiger charge is 2.29. The standard InChI is InChI=1S/C24H32N4O/c1-27(23-9-2-5-18-7-4-10-25-24(18)23)17-20-15-21-19(16-26-20)6-3-8-22(21)28-11-13-29-14-12-28/h3-4,6-8,10,20,23,26H,2,5,9,11-17H2,1H3/t20-,23-/m0/s1. The Morgan fingerprint density at radius 3 is 2.93 bits per heavy atom. The number of aryl methyl sites for hydroxylation is 1. The summed E-state index contributed by atoms with van der Waals surface area (Å²) in [6.45, 7) is 5.69. The monoisotopic (exact) mass is 392 g/mol. The van der Waals surface area contributed by atoms with Gasteiger partial charge in [-0.2, -0.15) is 0 Å². The Kier molecular flexibility index (Phi) is 5.53. The van der Waals surface area contributed by atoms with E-state index >= 15 is 0 Å². The van der Waals surface area contributed by atoms with Gasteiger partial charge in [-0.25, -0.2) is 0 Å². The first kappa shape index (κ1) is 19.0. The first-order valence-electron chi connectivity index (χ1n) is 11.1. The normalized spacial score (nSPS) is 24.3. The third-order valence-corrected chi connectivity index (χ3v) is 6.84. The van der Waals surface area contributed by atoms with Gasteiger partial charge in [0.25, 0.3) is 0 Å². The van der Waals surface area contributed by atoms with Crippen LogP contribution in [0.15, 0.2) is 36.5 Å². The molecular weight excluding hydrogens is 360 g/mol. The molecule has 0 unspecified atom stereocenters. The van der Waals surface area contributed by atoms with E-state index in [1.807, 2.05) is 6.20 Å². The molecule has 5 heteroatoms. The smallest absolute Gasteiger partial charge is 0.0642 e. The average Bonchev–Trinajstić information content (AvgIpc) is 2.79. The van der Waals surface area contributed by atoms with Gasteiger partial charge in [0.2, 0.25) is 0 Å². The molecule has 2 aromatic rings. The van der Waals surface area contributed by atoms with Crippen molar-refractivity contribution < 1.29 is 4.74 Å². The molecule has 0 saturated carbocycles. The van der Waals surface area contributed by atoms with Gasteiger partial charge in [0.1, 0.15) is 0 Å². The molecule has 2 aliphatic heterocycles. The lowest BCUT2D eigenvalue weighted by atomic mass is 9.89. The lowest BCUT2D eigenvalue weighted by Crippen LogP contribution is -2.46. The zero-order valence-electron chi connectivity index (χ0n) is 17.4. The highest BCUT2D eigenvalue weighted by Crippen LogP contribution is 2.33. The van der Waals surface area contributed by atoms with Crippen LogP contribution < -0.4 is 10.2 Å². The number of nitrogens with zero attached hydrogens (tertiary/aromatic N) is 3. The number of pyridine rings is 1. The number of benzene rings is 1. The molecule has 0 bridgehead atoms. The summed E-state index contributed by atoms with van der Waals surface area (Å²) in [4.78, 5) is 9.79. The molecule has 29 heavy (non-hydrogen) atoms. The van der Waals surface area contributed by atoms with Crippen LogP contribution in [0.1, 0.15) is 41.3 Å². The first-order valence-corrected chi connectivity index (χ1v) is 11.1. The molecule has 5 nitrogen and oxygen atoms in total. The van der Waals surface area contributed by atoms with E-state index in [1.54, 1.807) is 0 Å². The summed E-state index contributed by atoms with van der Waals surface area (Å²) in [6, 6.07) is 12.1. The second kappa shape index (κ2) is 8.42. The lowest BCUT2D eigenvalue weighted by Gasteiger charge is -2.38. The van der Waals surface area contributed by atoms with Crippen LogP contribution in [-0.2, 0) is 24.1 Å². The predicted octanol–water partition coefficient (Wildman–Crippen LogP) is 2.94. The van der Waals surface area contributed by atoms with Crippen molar-refractivity contribution in [2.75, 3.05) is 44.8 Å². The van der Waals surface area contributed by atoms with E-state index in [-0.39, 0.29) is 0 Å². The fourth-order valence-corrected chi connectivity index (χ4v) is 5.31. The van der Waals surface area contributed by atoms with Gasteiger partial charge in [-0.15, -0.1) is 0 Å². The van der Waals surface area contributed by atoms with Gasteiger partial charge >= 0.3 is 0 Å². The Morgan fingerprint density at radius 1 is 1.17 bits per heavy atom. The fraction of sp³-hybridized carbons (Fsp3) is 0.542. The molecule has 2 atom stereocenters. The summed E-state index contributed by atoms with van der Waals surface area (Å²) in [5.74, 6) is 0. The number of aromatic nitrogens is 1. The first-order chi connectivity index (χ1) is 14.3. The average molecular weight is 393 g/mol. The van der Waals surface area contributed by atoms with Crippen molar-refractivity contribution >= 4 is 5.69 Å². The molecule has 1 aliphatic carbocycles. The van der Waals surface area contributed by atoms with E-state index in [0.717, 1.165) is 45.8 Å². The van der Waals surface area contributed by atoms with E-state index < -0.39 is 0 Å². The summed E-state index contributed by atoms with van der Waals surface area (Å²) < 4.78 is 5.57. The van der Waals surface area contributed by atoms with Crippen molar-refractivity contribution in [3.63, 3.8) is 0 Å². The van der Waals surface area contributed by atoms with Crippen LogP contribution >= 0.6 is 0 Å². The van der Waals surface area contributed by atoms with E-state index in [1.165, 1.54) is 47.3 Å². The van der Waals surface area contributed by atoms with Crippen molar-refractivity contribution in [3.8, 4) is 0 Å². The Bertz CT molecular complexity index is 849. The van der Waals surface area contributed by atoms with E-state index in [2.05, 4.69) is 52.5 Å². The van der Waals surface area contributed by atoms with E-state index in [9.17, 15) is 0 Å². The lowest BCUT2D eigenvalue weighted by molar-refractivity contribution is 0.122. The number of likely N-dealkylation sites (N-methyl/N-ethyl adjacent to an activating group) is 1. The summed E-state index contributed by atoms with van der Waals surface area (Å²) in [5, 5.41) is 3.79. The number of anilines is 1. The maximum Gasteiger partial charge on any atom is 0.0642 e. The molecule has 3 heterocycles. The van der Waals surface area contributed by atoms with Gasteiger partial charge in [0.05, 0.1) is 24.9 Å². The molecule has 0 amide bonds. The number of hydrogen-bond donors (Lipinski definition) is 1. The number of hydrogen-bond acceptors (Lipinski definition) is 5. The van der Waals surface area contributed by atoms with Crippen molar-refractivity contribution in [2.24, 2.45) is 0 Å². The number of rotatable bonds is 4. The van der Waals surface area contributed by atoms with Crippen LogP contribution in [0, 0.1) is 0 Å². The Morgan fingerprint density at radius 2 is 2.03 bits per heavy atom. The summed E-state index contributed by atoms with van der Waals surface area (Å²) in [6.07, 6.45) is 6.69. The topological polar surface area (TPSA) is 40.6 Å². The number of morpholine rings is 1. The van der Waals surface area contributed by atoms with Crippen molar-refractivity contribution in [3.05, 3.63) is 58.9 Å². The number of fused-ring (bicyclic) bond motifs is 2. The molecule has 0 spiro atoms. The molecule has 1 N–H and O–H groups in total. The molecule has 5 rings (SSSR count). The largest absolute Gasteiger partial charge is 0.378 e. The van der Waals surface area contributed by atoms with E-state index in [0.29, 0.717) is 12.1 Å². The second-order valence-corrected chi connectivity index (χ2v) is 8.69. The van der Waals surface area contributed by atoms with Gasteiger partial charge in [0, 0.05) is 44.1 Å². The summed E-state index contributed by atoms with van der Waals surface area (Å²) in [5.41, 5.74) is 7.15. The van der Waals surface area contributed by atoms with Gasteiger partial charge in [0.15, 0.2) is 0 Å². The van der Waals surface area contributed by atoms with Gasteiger partial charge in [-0.3, -0.25) is 9.88 Å². The zero-order valence-corrected chi connectivity index (χ0v) is 17.4. The second-order valence-electron chi connectivity index (χ2n) is 8.69. The minimum atomic E-state index is 0.442. The minimum absolute atomic E-state index is 0.442. The third kappa shape index (κ3) is 3.91. The molecule has 1 aromatic heterocycles. The Hall–Kier alpha value is -1.95. The highest BCUT2D eigenvalue weighted by molar-refractivity contribution is 5.58. The van der Waals surface area contributed by atoms with E-state index in [4.69, 9.17) is 9.72 Å². The molecule has 1 fully saturated rings. The molecular formula is C24H32N4O. The van der Waals surface area contributed by atoms with Crippen LogP contribution in [0.5, 0.6) is 0 Å². The Labute approximate surface area is 174 Å². The zero-order chi connectivity index (χ0) is 19.6. The number of ether oxygens (including phenoxy) is 1. The fourth-order valence-electron chi connectivity index (χ4n) is 5.31. The minimum Gasteiger partial charge on any atom is -0.378 e. The van der Waals surface area contributed by atoms with Crippen molar-refractivity contribution in [1.82, 2.24) is 15.2 Å². The SMILES string of the molecule is CN(C[C@@H]1Cc2c(cccc2N2CCOCC2)CN1)[C@H]1CCCc2cccnc21. The van der Waals surface area contributed by atoms with Crippen LogP contribution in [0.4, 0.5) is 5.69 Å². The number of nitrogens with one attached hydrogen (secondary N) is 1. The molecule has 3 aliphatic rings. The molecule has 1 saturated heterocycles. The summed E-state index contributed by atoms with van der Waals surface area (Å²) >= 11 is 0. The quantitative estimate of drug-likeness (QED) is 0.866. The molecule has 1 aromatic carbocycles. The molecule has 0 radical (unpaired) electrons. The van der Waals surface area contributed by atoms with Gasteiger partial charge in [-0.1, -0.05) is 18.2 Å². The Balaban J connectivity index is 1.31. The van der Waals surface area contributed by atoms with Gasteiger partial charge < -0.3 is 15.0 Å². The van der Waals surface area contributed by atoms with Gasteiger partial charge in [-0.05, 0) is 61.6 Å². The highest BCUT2D eigenvalue weighted by atomic mass is 16.5. The third-order valence-electron chi connectivity index (χ3n) is 6.84. The summed E-state index contributed by atoms with van der Waals surface area (Å²) in [7, 11) is 2.28. The van der Waals surface area contributed by atoms with Crippen LogP contribution in [0.2, 0.25) is 0 Å². The maximum absolute atomic E-state index is 5.57. The molecule has 154 valence electrons. The van der Waals surface area contributed by atoms with Crippen LogP contribution in [0.25, 0.3) is 0 Å². The van der Waals surface area contributed by atoms with Crippen LogP contribution in [-0.4, -0.2) is 55.8 Å².